The Balaban J connectivity index is 0.946. The van der Waals surface area contributed by atoms with Gasteiger partial charge in [-0.1, -0.05) is 200 Å². The normalized spacial score (nSPS) is 11.9. The van der Waals surface area contributed by atoms with Crippen LogP contribution in [0.4, 0.5) is 0 Å². The SMILES string of the molecule is c1ccc(-c2ccc3c4ccccc4c4ccccc4c3c2)c(-c2ccc(-c3c4ccccc4c(-c4ccc5sc6c7ccccc7ccc6c5c4)c4ccccc34)cc2)c1. The van der Waals surface area contributed by atoms with Crippen molar-refractivity contribution in [2.24, 2.45) is 0 Å². The van der Waals surface area contributed by atoms with E-state index in [0.717, 1.165) is 0 Å². The highest BCUT2D eigenvalue weighted by Gasteiger charge is 2.19. The summed E-state index contributed by atoms with van der Waals surface area (Å²) in [6, 6.07) is 81.2. The van der Waals surface area contributed by atoms with Crippen molar-refractivity contribution in [2.45, 2.75) is 0 Å². The van der Waals surface area contributed by atoms with Crippen molar-refractivity contribution in [2.75, 3.05) is 0 Å². The van der Waals surface area contributed by atoms with Crippen LogP contribution in [0.15, 0.2) is 218 Å². The lowest BCUT2D eigenvalue weighted by molar-refractivity contribution is 1.59. The minimum Gasteiger partial charge on any atom is -0.135 e. The molecule has 0 spiro atoms. The molecule has 13 aromatic rings. The Morgan fingerprint density at radius 1 is 0.230 bits per heavy atom. The van der Waals surface area contributed by atoms with Gasteiger partial charge in [-0.15, -0.1) is 11.3 Å². The lowest BCUT2D eigenvalue weighted by atomic mass is 9.85. The summed E-state index contributed by atoms with van der Waals surface area (Å²) in [5.41, 5.74) is 9.93. The zero-order valence-electron chi connectivity index (χ0n) is 33.2. The molecule has 12 aromatic carbocycles. The van der Waals surface area contributed by atoms with E-state index in [4.69, 9.17) is 0 Å². The third-order valence-corrected chi connectivity index (χ3v) is 14.3. The van der Waals surface area contributed by atoms with Crippen molar-refractivity contribution < 1.29 is 0 Å². The molecule has 282 valence electrons. The molecule has 0 unspecified atom stereocenters. The second-order valence-corrected chi connectivity index (χ2v) is 17.3. The quantitative estimate of drug-likeness (QED) is 0.123. The number of benzene rings is 12. The zero-order chi connectivity index (χ0) is 40.0. The van der Waals surface area contributed by atoms with Gasteiger partial charge in [0.05, 0.1) is 0 Å². The maximum atomic E-state index is 2.43. The fraction of sp³-hybridized carbons (Fsp3) is 0. The Morgan fingerprint density at radius 2 is 0.639 bits per heavy atom. The van der Waals surface area contributed by atoms with Gasteiger partial charge in [0.1, 0.15) is 0 Å². The highest BCUT2D eigenvalue weighted by atomic mass is 32.1. The zero-order valence-corrected chi connectivity index (χ0v) is 34.0. The maximum absolute atomic E-state index is 2.43. The number of hydrogen-bond acceptors (Lipinski definition) is 1. The van der Waals surface area contributed by atoms with Gasteiger partial charge in [0.25, 0.3) is 0 Å². The van der Waals surface area contributed by atoms with Crippen LogP contribution >= 0.6 is 11.3 Å². The summed E-state index contributed by atoms with van der Waals surface area (Å²) in [4.78, 5) is 0. The number of fused-ring (bicyclic) bond motifs is 13. The van der Waals surface area contributed by atoms with Crippen LogP contribution in [0.5, 0.6) is 0 Å². The van der Waals surface area contributed by atoms with Crippen LogP contribution in [0.25, 0.3) is 129 Å². The van der Waals surface area contributed by atoms with E-state index in [1.165, 1.54) is 129 Å². The summed E-state index contributed by atoms with van der Waals surface area (Å²) in [5.74, 6) is 0. The van der Waals surface area contributed by atoms with Crippen LogP contribution in [0, 0.1) is 0 Å². The minimum absolute atomic E-state index is 1.21. The molecule has 0 bridgehead atoms. The topological polar surface area (TPSA) is 0 Å². The minimum atomic E-state index is 1.21. The molecular weight excluding hydrogens is 753 g/mol. The summed E-state index contributed by atoms with van der Waals surface area (Å²) in [6.07, 6.45) is 0. The molecule has 1 heteroatoms. The Bertz CT molecular complexity index is 3830. The van der Waals surface area contributed by atoms with Crippen LogP contribution < -0.4 is 0 Å². The van der Waals surface area contributed by atoms with Crippen LogP contribution in [0.1, 0.15) is 0 Å². The average molecular weight is 789 g/mol. The maximum Gasteiger partial charge on any atom is 0.0433 e. The van der Waals surface area contributed by atoms with Gasteiger partial charge < -0.3 is 0 Å². The van der Waals surface area contributed by atoms with Gasteiger partial charge in [-0.2, -0.15) is 0 Å². The first-order valence-corrected chi connectivity index (χ1v) is 21.9. The third kappa shape index (κ3) is 5.24. The predicted molar refractivity (Wildman–Crippen MR) is 266 cm³/mol. The van der Waals surface area contributed by atoms with Crippen molar-refractivity contribution in [3.05, 3.63) is 218 Å². The summed E-state index contributed by atoms with van der Waals surface area (Å²) >= 11 is 1.90. The molecule has 0 N–H and O–H groups in total. The van der Waals surface area contributed by atoms with Crippen molar-refractivity contribution in [1.29, 1.82) is 0 Å². The van der Waals surface area contributed by atoms with E-state index in [1.54, 1.807) is 0 Å². The van der Waals surface area contributed by atoms with E-state index in [0.29, 0.717) is 0 Å². The second-order valence-electron chi connectivity index (χ2n) is 16.3. The largest absolute Gasteiger partial charge is 0.135 e. The summed E-state index contributed by atoms with van der Waals surface area (Å²) in [6.45, 7) is 0. The van der Waals surface area contributed by atoms with E-state index in [1.807, 2.05) is 11.3 Å². The molecule has 0 saturated carbocycles. The molecule has 0 aliphatic heterocycles. The first-order chi connectivity index (χ1) is 30.3. The van der Waals surface area contributed by atoms with Crippen molar-refractivity contribution >= 4 is 96.1 Å². The molecule has 1 aromatic heterocycles. The summed E-state index contributed by atoms with van der Waals surface area (Å²) in [5, 5.41) is 18.1. The molecule has 0 atom stereocenters. The van der Waals surface area contributed by atoms with E-state index < -0.39 is 0 Å². The number of rotatable bonds is 4. The summed E-state index contributed by atoms with van der Waals surface area (Å²) < 4.78 is 2.69. The lowest BCUT2D eigenvalue weighted by Crippen LogP contribution is -1.91. The highest BCUT2D eigenvalue weighted by molar-refractivity contribution is 7.26. The Kier molecular flexibility index (Phi) is 7.58. The van der Waals surface area contributed by atoms with E-state index in [-0.39, 0.29) is 0 Å². The fourth-order valence-corrected chi connectivity index (χ4v) is 11.5. The molecule has 61 heavy (non-hydrogen) atoms. The van der Waals surface area contributed by atoms with Gasteiger partial charge in [-0.05, 0) is 127 Å². The molecule has 0 saturated heterocycles. The molecule has 0 aliphatic carbocycles. The molecule has 0 radical (unpaired) electrons. The number of thiophene rings is 1. The Morgan fingerprint density at radius 3 is 1.26 bits per heavy atom. The highest BCUT2D eigenvalue weighted by Crippen LogP contribution is 2.47. The standard InChI is InChI=1S/C60H36S/c1-2-16-44-37(13-1)29-33-54-56-36-41(31-34-57(56)61-60(44)54)59-52-23-11-9-21-50(52)58(51-22-10-12-24-53(51)59)39-27-25-38(26-28-39)42-14-3-4-15-43(42)40-30-32-49-47-19-6-5-17-45(47)46-18-7-8-20-48(46)55(49)35-40/h1-36H. The van der Waals surface area contributed by atoms with Crippen LogP contribution in [-0.4, -0.2) is 0 Å². The van der Waals surface area contributed by atoms with E-state index >= 15 is 0 Å². The second kappa shape index (κ2) is 13.5. The first-order valence-electron chi connectivity index (χ1n) is 21.1. The van der Waals surface area contributed by atoms with Gasteiger partial charge in [-0.3, -0.25) is 0 Å². The van der Waals surface area contributed by atoms with Gasteiger partial charge in [0, 0.05) is 20.2 Å². The van der Waals surface area contributed by atoms with E-state index in [2.05, 4.69) is 218 Å². The smallest absolute Gasteiger partial charge is 0.0433 e. The van der Waals surface area contributed by atoms with E-state index in [9.17, 15) is 0 Å². The Labute approximate surface area is 357 Å². The fourth-order valence-electron chi connectivity index (χ4n) is 10.3. The van der Waals surface area contributed by atoms with Crippen LogP contribution in [0.2, 0.25) is 0 Å². The lowest BCUT2D eigenvalue weighted by Gasteiger charge is -2.18. The molecule has 0 aliphatic rings. The molecule has 1 heterocycles. The van der Waals surface area contributed by atoms with Gasteiger partial charge in [0.15, 0.2) is 0 Å². The molecule has 0 amide bonds. The molecule has 0 fully saturated rings. The van der Waals surface area contributed by atoms with Crippen LogP contribution in [-0.2, 0) is 0 Å². The van der Waals surface area contributed by atoms with Gasteiger partial charge >= 0.3 is 0 Å². The monoisotopic (exact) mass is 788 g/mol. The van der Waals surface area contributed by atoms with Gasteiger partial charge in [-0.25, -0.2) is 0 Å². The first kappa shape index (κ1) is 34.3. The average Bonchev–Trinajstić information content (AvgIpc) is 3.72. The number of hydrogen-bond donors (Lipinski definition) is 0. The molecule has 0 nitrogen and oxygen atoms in total. The van der Waals surface area contributed by atoms with Crippen molar-refractivity contribution in [3.8, 4) is 44.5 Å². The molecular formula is C60H36S. The molecule has 13 rings (SSSR count). The third-order valence-electron chi connectivity index (χ3n) is 13.0. The van der Waals surface area contributed by atoms with Crippen LogP contribution in [0.3, 0.4) is 0 Å². The Hall–Kier alpha value is -7.58. The predicted octanol–water partition coefficient (Wildman–Crippen LogP) is 17.6. The van der Waals surface area contributed by atoms with Gasteiger partial charge in [0.2, 0.25) is 0 Å². The van der Waals surface area contributed by atoms with Crippen molar-refractivity contribution in [3.63, 3.8) is 0 Å². The summed E-state index contributed by atoms with van der Waals surface area (Å²) in [7, 11) is 0. The van der Waals surface area contributed by atoms with Crippen molar-refractivity contribution in [1.82, 2.24) is 0 Å².